The third kappa shape index (κ3) is 5.37. The molecule has 0 aliphatic carbocycles. The summed E-state index contributed by atoms with van der Waals surface area (Å²) in [6.07, 6.45) is 7.21. The van der Waals surface area contributed by atoms with Crippen LogP contribution in [0, 0.1) is 0 Å². The van der Waals surface area contributed by atoms with Gasteiger partial charge in [0.2, 0.25) is 0 Å². The third-order valence-corrected chi connectivity index (χ3v) is 2.93. The summed E-state index contributed by atoms with van der Waals surface area (Å²) >= 11 is 11.4. The van der Waals surface area contributed by atoms with Crippen LogP contribution in [0.25, 0.3) is 0 Å². The molecule has 94 valence electrons. The fourth-order valence-corrected chi connectivity index (χ4v) is 1.82. The highest BCUT2D eigenvalue weighted by atomic mass is 35.5. The van der Waals surface area contributed by atoms with Crippen molar-refractivity contribution in [3.63, 3.8) is 0 Å². The highest BCUT2D eigenvalue weighted by Crippen LogP contribution is 2.12. The number of hydrogen-bond acceptors (Lipinski definition) is 2. The van der Waals surface area contributed by atoms with Crippen LogP contribution < -0.4 is 5.32 Å². The minimum absolute atomic E-state index is 0.144. The molecule has 0 atom stereocenters. The lowest BCUT2D eigenvalue weighted by Crippen LogP contribution is -2.24. The molecule has 5 heteroatoms. The van der Waals surface area contributed by atoms with Crippen LogP contribution >= 0.6 is 23.2 Å². The quantitative estimate of drug-likeness (QED) is 0.613. The molecule has 0 aromatic carbocycles. The molecule has 0 fully saturated rings. The Kier molecular flexibility index (Phi) is 6.97. The predicted molar refractivity (Wildman–Crippen MR) is 70.8 cm³/mol. The number of nitrogens with one attached hydrogen (secondary N) is 1. The fourth-order valence-electron chi connectivity index (χ4n) is 1.43. The molecule has 0 aliphatic rings. The van der Waals surface area contributed by atoms with Gasteiger partial charge in [0, 0.05) is 24.8 Å². The first-order chi connectivity index (χ1) is 8.25. The molecule has 1 rings (SSSR count). The number of aromatic nitrogens is 1. The lowest BCUT2D eigenvalue weighted by Gasteiger charge is -2.05. The Bertz CT molecular complexity index is 358. The van der Waals surface area contributed by atoms with Crippen LogP contribution in [0.5, 0.6) is 0 Å². The van der Waals surface area contributed by atoms with Gasteiger partial charge in [-0.05, 0) is 18.9 Å². The van der Waals surface area contributed by atoms with Crippen LogP contribution in [-0.2, 0) is 0 Å². The van der Waals surface area contributed by atoms with Crippen molar-refractivity contribution in [3.8, 4) is 0 Å². The van der Waals surface area contributed by atoms with E-state index in [2.05, 4.69) is 10.3 Å². The molecule has 0 radical (unpaired) electrons. The monoisotopic (exact) mass is 274 g/mol. The van der Waals surface area contributed by atoms with Gasteiger partial charge in [0.1, 0.15) is 0 Å². The molecular formula is C12H16Cl2N2O. The smallest absolute Gasteiger partial charge is 0.252 e. The zero-order chi connectivity index (χ0) is 12.5. The molecule has 0 spiro atoms. The molecular weight excluding hydrogens is 259 g/mol. The van der Waals surface area contributed by atoms with Crippen LogP contribution in [0.4, 0.5) is 0 Å². The summed E-state index contributed by atoms with van der Waals surface area (Å²) in [7, 11) is 0. The minimum Gasteiger partial charge on any atom is -0.352 e. The number of amides is 1. The molecule has 1 amide bonds. The molecule has 1 N–H and O–H groups in total. The largest absolute Gasteiger partial charge is 0.352 e. The summed E-state index contributed by atoms with van der Waals surface area (Å²) in [5.74, 6) is 0.564. The van der Waals surface area contributed by atoms with Crippen LogP contribution in [-0.4, -0.2) is 23.3 Å². The van der Waals surface area contributed by atoms with Crippen molar-refractivity contribution in [2.75, 3.05) is 12.4 Å². The molecule has 0 aliphatic heterocycles. The molecule has 3 nitrogen and oxygen atoms in total. The SMILES string of the molecule is O=C(NCCCCCCCl)c1ccncc1Cl. The molecule has 0 saturated carbocycles. The Morgan fingerprint density at radius 2 is 2.06 bits per heavy atom. The Morgan fingerprint density at radius 3 is 2.76 bits per heavy atom. The van der Waals surface area contributed by atoms with Crippen molar-refractivity contribution in [3.05, 3.63) is 29.0 Å². The molecule has 0 saturated heterocycles. The summed E-state index contributed by atoms with van der Waals surface area (Å²) in [4.78, 5) is 15.5. The summed E-state index contributed by atoms with van der Waals surface area (Å²) in [6.45, 7) is 0.666. The van der Waals surface area contributed by atoms with Gasteiger partial charge >= 0.3 is 0 Å². The number of pyridine rings is 1. The lowest BCUT2D eigenvalue weighted by molar-refractivity contribution is 0.0953. The van der Waals surface area contributed by atoms with Gasteiger partial charge in [0.05, 0.1) is 10.6 Å². The topological polar surface area (TPSA) is 42.0 Å². The Balaban J connectivity index is 2.24. The van der Waals surface area contributed by atoms with Crippen LogP contribution in [0.1, 0.15) is 36.0 Å². The first-order valence-corrected chi connectivity index (χ1v) is 6.60. The normalized spacial score (nSPS) is 10.2. The number of unbranched alkanes of at least 4 members (excludes halogenated alkanes) is 3. The third-order valence-electron chi connectivity index (χ3n) is 2.36. The standard InChI is InChI=1S/C12H16Cl2N2O/c13-6-3-1-2-4-7-16-12(17)10-5-8-15-9-11(10)14/h5,8-9H,1-4,6-7H2,(H,16,17). The fraction of sp³-hybridized carbons (Fsp3) is 0.500. The van der Waals surface area contributed by atoms with E-state index in [9.17, 15) is 4.79 Å². The zero-order valence-corrected chi connectivity index (χ0v) is 11.1. The zero-order valence-electron chi connectivity index (χ0n) is 9.59. The summed E-state index contributed by atoms with van der Waals surface area (Å²) in [5, 5.41) is 3.21. The van der Waals surface area contributed by atoms with Crippen molar-refractivity contribution in [1.82, 2.24) is 10.3 Å². The molecule has 0 unspecified atom stereocenters. The van der Waals surface area contributed by atoms with Gasteiger partial charge in [-0.2, -0.15) is 0 Å². The van der Waals surface area contributed by atoms with Gasteiger partial charge in [0.25, 0.3) is 5.91 Å². The number of carbonyl (C=O) groups excluding carboxylic acids is 1. The maximum absolute atomic E-state index is 11.7. The summed E-state index contributed by atoms with van der Waals surface area (Å²) < 4.78 is 0. The molecule has 1 heterocycles. The maximum atomic E-state index is 11.7. The first-order valence-electron chi connectivity index (χ1n) is 5.69. The van der Waals surface area contributed by atoms with E-state index in [-0.39, 0.29) is 5.91 Å². The van der Waals surface area contributed by atoms with Gasteiger partial charge in [-0.15, -0.1) is 11.6 Å². The minimum atomic E-state index is -0.144. The van der Waals surface area contributed by atoms with Crippen LogP contribution in [0.2, 0.25) is 5.02 Å². The van der Waals surface area contributed by atoms with E-state index in [0.717, 1.165) is 25.7 Å². The van der Waals surface area contributed by atoms with E-state index >= 15 is 0 Å². The van der Waals surface area contributed by atoms with Crippen molar-refractivity contribution >= 4 is 29.1 Å². The number of rotatable bonds is 7. The van der Waals surface area contributed by atoms with Gasteiger partial charge in [0.15, 0.2) is 0 Å². The summed E-state index contributed by atoms with van der Waals surface area (Å²) in [5.41, 5.74) is 0.474. The van der Waals surface area contributed by atoms with Gasteiger partial charge in [-0.1, -0.05) is 24.4 Å². The van der Waals surface area contributed by atoms with E-state index in [0.29, 0.717) is 23.0 Å². The number of alkyl halides is 1. The van der Waals surface area contributed by atoms with Crippen molar-refractivity contribution < 1.29 is 4.79 Å². The lowest BCUT2D eigenvalue weighted by atomic mass is 10.2. The van der Waals surface area contributed by atoms with Crippen LogP contribution in [0.3, 0.4) is 0 Å². The Morgan fingerprint density at radius 1 is 1.29 bits per heavy atom. The maximum Gasteiger partial charge on any atom is 0.252 e. The average Bonchev–Trinajstić information content (AvgIpc) is 2.34. The van der Waals surface area contributed by atoms with E-state index in [1.54, 1.807) is 12.3 Å². The molecule has 0 bridgehead atoms. The van der Waals surface area contributed by atoms with Gasteiger partial charge < -0.3 is 5.32 Å². The van der Waals surface area contributed by atoms with E-state index in [1.165, 1.54) is 6.20 Å². The molecule has 1 aromatic heterocycles. The van der Waals surface area contributed by atoms with Crippen molar-refractivity contribution in [1.29, 1.82) is 0 Å². The second-order valence-electron chi connectivity index (χ2n) is 3.71. The number of halogens is 2. The summed E-state index contributed by atoms with van der Waals surface area (Å²) in [6, 6.07) is 1.62. The highest BCUT2D eigenvalue weighted by molar-refractivity contribution is 6.33. The predicted octanol–water partition coefficient (Wildman–Crippen LogP) is 3.26. The van der Waals surface area contributed by atoms with Gasteiger partial charge in [-0.3, -0.25) is 9.78 Å². The Labute approximate surface area is 112 Å². The number of carbonyl (C=O) groups is 1. The molecule has 1 aromatic rings. The average molecular weight is 275 g/mol. The second-order valence-corrected chi connectivity index (χ2v) is 4.50. The van der Waals surface area contributed by atoms with Crippen molar-refractivity contribution in [2.45, 2.75) is 25.7 Å². The second kappa shape index (κ2) is 8.31. The van der Waals surface area contributed by atoms with Crippen LogP contribution in [0.15, 0.2) is 18.5 Å². The van der Waals surface area contributed by atoms with Crippen molar-refractivity contribution in [2.24, 2.45) is 0 Å². The molecule has 17 heavy (non-hydrogen) atoms. The van der Waals surface area contributed by atoms with E-state index in [4.69, 9.17) is 23.2 Å². The van der Waals surface area contributed by atoms with Gasteiger partial charge in [-0.25, -0.2) is 0 Å². The number of nitrogens with zero attached hydrogens (tertiary/aromatic N) is 1. The highest BCUT2D eigenvalue weighted by Gasteiger charge is 2.08. The number of hydrogen-bond donors (Lipinski definition) is 1. The van der Waals surface area contributed by atoms with E-state index in [1.807, 2.05) is 0 Å². The van der Waals surface area contributed by atoms with E-state index < -0.39 is 0 Å². The first kappa shape index (κ1) is 14.3. The Hall–Kier alpha value is -0.800.